The molecule has 3 nitrogen and oxygen atoms in total. The standard InChI is InChI=1S/C16H25NO2/c18-9-14-2-1-3-17(14)16(19)15-12-5-10-4-11(7-12)8-13(15)6-10/h10-15,18H,1-9H2/t10?,11?,12?,13?,14-,15?/m0/s1. The maximum atomic E-state index is 12.9. The Labute approximate surface area is 115 Å². The van der Waals surface area contributed by atoms with Crippen LogP contribution in [0.15, 0.2) is 0 Å². The second kappa shape index (κ2) is 4.47. The van der Waals surface area contributed by atoms with E-state index < -0.39 is 0 Å². The van der Waals surface area contributed by atoms with Gasteiger partial charge in [0.05, 0.1) is 12.6 Å². The Bertz CT molecular complexity index is 353. The van der Waals surface area contributed by atoms with Crippen LogP contribution >= 0.6 is 0 Å². The molecule has 1 aliphatic heterocycles. The SMILES string of the molecule is O=C(C1C2CC3CC(C2)CC1C3)N1CCC[C@H]1CO. The van der Waals surface area contributed by atoms with Gasteiger partial charge in [0, 0.05) is 12.5 Å². The molecule has 1 N–H and O–H groups in total. The minimum absolute atomic E-state index is 0.115. The second-order valence-corrected chi connectivity index (χ2v) is 7.47. The summed E-state index contributed by atoms with van der Waals surface area (Å²) in [5, 5.41) is 9.44. The molecule has 4 saturated carbocycles. The number of carbonyl (C=O) groups is 1. The van der Waals surface area contributed by atoms with Crippen molar-refractivity contribution in [3.8, 4) is 0 Å². The Kier molecular flexibility index (Phi) is 2.87. The van der Waals surface area contributed by atoms with Gasteiger partial charge in [-0.05, 0) is 68.6 Å². The quantitative estimate of drug-likeness (QED) is 0.828. The number of likely N-dealkylation sites (tertiary alicyclic amines) is 1. The van der Waals surface area contributed by atoms with Gasteiger partial charge in [-0.25, -0.2) is 0 Å². The maximum absolute atomic E-state index is 12.9. The molecule has 0 spiro atoms. The van der Waals surface area contributed by atoms with Crippen LogP contribution in [0, 0.1) is 29.6 Å². The molecule has 3 heteroatoms. The van der Waals surface area contributed by atoms with Gasteiger partial charge >= 0.3 is 0 Å². The van der Waals surface area contributed by atoms with E-state index >= 15 is 0 Å². The van der Waals surface area contributed by atoms with Crippen molar-refractivity contribution in [1.29, 1.82) is 0 Å². The van der Waals surface area contributed by atoms with Crippen LogP contribution in [-0.4, -0.2) is 35.1 Å². The number of aliphatic hydroxyl groups is 1. The molecule has 5 fully saturated rings. The van der Waals surface area contributed by atoms with Crippen molar-refractivity contribution in [2.24, 2.45) is 29.6 Å². The number of rotatable bonds is 2. The molecule has 5 aliphatic rings. The molecule has 4 bridgehead atoms. The van der Waals surface area contributed by atoms with E-state index in [4.69, 9.17) is 0 Å². The molecule has 1 amide bonds. The molecule has 0 aromatic carbocycles. The summed E-state index contributed by atoms with van der Waals surface area (Å²) in [6, 6.07) is 0.115. The van der Waals surface area contributed by atoms with Crippen LogP contribution < -0.4 is 0 Å². The fourth-order valence-corrected chi connectivity index (χ4v) is 5.84. The van der Waals surface area contributed by atoms with Crippen LogP contribution in [0.4, 0.5) is 0 Å². The van der Waals surface area contributed by atoms with Crippen LogP contribution in [-0.2, 0) is 4.79 Å². The normalized spacial score (nSPS) is 47.9. The van der Waals surface area contributed by atoms with E-state index in [2.05, 4.69) is 0 Å². The van der Waals surface area contributed by atoms with Gasteiger partial charge in [-0.2, -0.15) is 0 Å². The predicted octanol–water partition coefficient (Wildman–Crippen LogP) is 2.04. The lowest BCUT2D eigenvalue weighted by Crippen LogP contribution is -2.53. The Morgan fingerprint density at radius 1 is 1.05 bits per heavy atom. The van der Waals surface area contributed by atoms with E-state index in [1.54, 1.807) is 0 Å². The van der Waals surface area contributed by atoms with E-state index in [0.29, 0.717) is 23.7 Å². The first-order chi connectivity index (χ1) is 9.26. The van der Waals surface area contributed by atoms with Gasteiger partial charge in [-0.15, -0.1) is 0 Å². The third-order valence-corrected chi connectivity index (χ3v) is 6.38. The maximum Gasteiger partial charge on any atom is 0.226 e. The zero-order valence-electron chi connectivity index (χ0n) is 11.6. The highest BCUT2D eigenvalue weighted by Crippen LogP contribution is 2.57. The second-order valence-electron chi connectivity index (χ2n) is 7.47. The highest BCUT2D eigenvalue weighted by Gasteiger charge is 2.52. The highest BCUT2D eigenvalue weighted by atomic mass is 16.3. The molecular formula is C16H25NO2. The first kappa shape index (κ1) is 12.2. The van der Waals surface area contributed by atoms with Crippen molar-refractivity contribution in [2.45, 2.75) is 51.0 Å². The van der Waals surface area contributed by atoms with Crippen LogP contribution in [0.3, 0.4) is 0 Å². The lowest BCUT2D eigenvalue weighted by Gasteiger charge is -2.54. The first-order valence-electron chi connectivity index (χ1n) is 8.17. The Hall–Kier alpha value is -0.570. The van der Waals surface area contributed by atoms with Gasteiger partial charge in [0.25, 0.3) is 0 Å². The molecule has 1 atom stereocenters. The van der Waals surface area contributed by atoms with Crippen molar-refractivity contribution >= 4 is 5.91 Å². The topological polar surface area (TPSA) is 40.5 Å². The molecule has 0 aromatic heterocycles. The Balaban J connectivity index is 1.54. The van der Waals surface area contributed by atoms with Gasteiger partial charge in [-0.1, -0.05) is 0 Å². The number of amides is 1. The summed E-state index contributed by atoms with van der Waals surface area (Å²) in [7, 11) is 0. The van der Waals surface area contributed by atoms with E-state index in [1.807, 2.05) is 4.90 Å². The summed E-state index contributed by atoms with van der Waals surface area (Å²) in [6.45, 7) is 1.03. The van der Waals surface area contributed by atoms with Crippen LogP contribution in [0.2, 0.25) is 0 Å². The zero-order valence-corrected chi connectivity index (χ0v) is 11.6. The molecule has 0 aromatic rings. The number of hydrogen-bond acceptors (Lipinski definition) is 2. The van der Waals surface area contributed by atoms with Crippen LogP contribution in [0.1, 0.15) is 44.9 Å². The summed E-state index contributed by atoms with van der Waals surface area (Å²) in [4.78, 5) is 14.9. The minimum Gasteiger partial charge on any atom is -0.394 e. The van der Waals surface area contributed by atoms with Gasteiger partial charge in [0.2, 0.25) is 5.91 Å². The Morgan fingerprint density at radius 2 is 1.68 bits per heavy atom. The average Bonchev–Trinajstić information content (AvgIpc) is 2.85. The van der Waals surface area contributed by atoms with Gasteiger partial charge < -0.3 is 10.0 Å². The van der Waals surface area contributed by atoms with E-state index in [9.17, 15) is 9.90 Å². The van der Waals surface area contributed by atoms with Crippen molar-refractivity contribution in [2.75, 3.05) is 13.2 Å². The first-order valence-corrected chi connectivity index (χ1v) is 8.17. The number of aliphatic hydroxyl groups excluding tert-OH is 1. The molecule has 1 saturated heterocycles. The van der Waals surface area contributed by atoms with Crippen molar-refractivity contribution in [3.63, 3.8) is 0 Å². The van der Waals surface area contributed by atoms with E-state index in [0.717, 1.165) is 31.2 Å². The molecule has 4 aliphatic carbocycles. The highest BCUT2D eigenvalue weighted by molar-refractivity contribution is 5.80. The smallest absolute Gasteiger partial charge is 0.226 e. The van der Waals surface area contributed by atoms with Crippen LogP contribution in [0.5, 0.6) is 0 Å². The summed E-state index contributed by atoms with van der Waals surface area (Å²) in [5.41, 5.74) is 0. The molecule has 19 heavy (non-hydrogen) atoms. The molecule has 1 heterocycles. The predicted molar refractivity (Wildman–Crippen MR) is 72.4 cm³/mol. The largest absolute Gasteiger partial charge is 0.394 e. The fourth-order valence-electron chi connectivity index (χ4n) is 5.84. The third kappa shape index (κ3) is 1.84. The fraction of sp³-hybridized carbons (Fsp3) is 0.938. The zero-order chi connectivity index (χ0) is 13.0. The lowest BCUT2D eigenvalue weighted by molar-refractivity contribution is -0.150. The molecule has 106 valence electrons. The van der Waals surface area contributed by atoms with Crippen LogP contribution in [0.25, 0.3) is 0 Å². The molecular weight excluding hydrogens is 238 g/mol. The molecule has 0 radical (unpaired) electrons. The summed E-state index contributed by atoms with van der Waals surface area (Å²) in [5.74, 6) is 3.90. The number of hydrogen-bond donors (Lipinski definition) is 1. The van der Waals surface area contributed by atoms with Gasteiger partial charge in [-0.3, -0.25) is 4.79 Å². The lowest BCUT2D eigenvalue weighted by atomic mass is 9.51. The summed E-state index contributed by atoms with van der Waals surface area (Å²) in [6.07, 6.45) is 8.74. The average molecular weight is 263 g/mol. The monoisotopic (exact) mass is 263 g/mol. The summed E-state index contributed by atoms with van der Waals surface area (Å²) >= 11 is 0. The molecule has 5 rings (SSSR count). The van der Waals surface area contributed by atoms with Gasteiger partial charge in [0.15, 0.2) is 0 Å². The minimum atomic E-state index is 0.115. The van der Waals surface area contributed by atoms with Gasteiger partial charge in [0.1, 0.15) is 0 Å². The molecule has 0 unspecified atom stereocenters. The summed E-state index contributed by atoms with van der Waals surface area (Å²) < 4.78 is 0. The third-order valence-electron chi connectivity index (χ3n) is 6.38. The van der Waals surface area contributed by atoms with Crippen molar-refractivity contribution in [3.05, 3.63) is 0 Å². The van der Waals surface area contributed by atoms with E-state index in [1.165, 1.54) is 32.1 Å². The van der Waals surface area contributed by atoms with E-state index in [-0.39, 0.29) is 12.6 Å². The number of carbonyl (C=O) groups excluding carboxylic acids is 1. The van der Waals surface area contributed by atoms with Crippen molar-refractivity contribution in [1.82, 2.24) is 4.90 Å². The Morgan fingerprint density at radius 3 is 2.26 bits per heavy atom. The number of nitrogens with zero attached hydrogens (tertiary/aromatic N) is 1. The van der Waals surface area contributed by atoms with Crippen molar-refractivity contribution < 1.29 is 9.90 Å².